The number of unbranched alkanes of at least 4 members (excludes halogenated alkanes) is 1. The van der Waals surface area contributed by atoms with E-state index in [2.05, 4.69) is 35.3 Å². The highest BCUT2D eigenvalue weighted by molar-refractivity contribution is 8.15. The summed E-state index contributed by atoms with van der Waals surface area (Å²) in [5, 5.41) is 11.7. The fourth-order valence-electron chi connectivity index (χ4n) is 3.72. The van der Waals surface area contributed by atoms with Crippen molar-refractivity contribution in [1.29, 1.82) is 0 Å². The van der Waals surface area contributed by atoms with Gasteiger partial charge in [0.05, 0.1) is 25.1 Å². The Hall–Kier alpha value is -3.12. The molecule has 1 atom stereocenters. The topological polar surface area (TPSA) is 54.3 Å². The molecule has 0 unspecified atom stereocenters. The number of nitrogens with zero attached hydrogens (tertiary/aromatic N) is 3. The predicted octanol–water partition coefficient (Wildman–Crippen LogP) is 5.87. The number of hydrogen-bond donors (Lipinski definition) is 0. The molecule has 1 amide bonds. The van der Waals surface area contributed by atoms with E-state index in [0.29, 0.717) is 11.7 Å². The number of methoxy groups -OCH3 is 1. The van der Waals surface area contributed by atoms with Gasteiger partial charge in [-0.2, -0.15) is 5.10 Å². The van der Waals surface area contributed by atoms with Crippen LogP contribution in [0.5, 0.6) is 5.75 Å². The van der Waals surface area contributed by atoms with Gasteiger partial charge in [0, 0.05) is 5.56 Å². The Kier molecular flexibility index (Phi) is 7.22. The highest BCUT2D eigenvalue weighted by atomic mass is 32.2. The minimum atomic E-state index is -0.0975. The smallest absolute Gasteiger partial charge is 0.242 e. The second-order valence-corrected chi connectivity index (χ2v) is 8.89. The van der Waals surface area contributed by atoms with Crippen molar-refractivity contribution in [3.8, 4) is 5.75 Å². The molecular weight excluding hydrogens is 418 g/mol. The van der Waals surface area contributed by atoms with E-state index >= 15 is 0 Å². The van der Waals surface area contributed by atoms with Crippen molar-refractivity contribution in [3.05, 3.63) is 77.9 Å². The third-order valence-electron chi connectivity index (χ3n) is 5.50. The second-order valence-electron chi connectivity index (χ2n) is 7.72. The van der Waals surface area contributed by atoms with Crippen molar-refractivity contribution in [2.75, 3.05) is 7.11 Å². The summed E-state index contributed by atoms with van der Waals surface area (Å²) in [4.78, 5) is 14.9. The molecule has 6 heteroatoms. The Bertz CT molecular complexity index is 1140. The van der Waals surface area contributed by atoms with Crippen LogP contribution in [0.4, 0.5) is 0 Å². The first-order valence-corrected chi connectivity index (χ1v) is 11.8. The monoisotopic (exact) mass is 445 g/mol. The largest absolute Gasteiger partial charge is 0.497 e. The maximum atomic E-state index is 13.1. The van der Waals surface area contributed by atoms with Crippen molar-refractivity contribution in [1.82, 2.24) is 4.90 Å². The van der Waals surface area contributed by atoms with E-state index in [9.17, 15) is 4.79 Å². The van der Waals surface area contributed by atoms with Gasteiger partial charge in [-0.1, -0.05) is 86.1 Å². The summed E-state index contributed by atoms with van der Waals surface area (Å²) in [7, 11) is 1.65. The van der Waals surface area contributed by atoms with Gasteiger partial charge in [0.2, 0.25) is 5.91 Å². The number of amides is 1. The summed E-state index contributed by atoms with van der Waals surface area (Å²) in [6, 6.07) is 22.1. The van der Waals surface area contributed by atoms with Crippen LogP contribution in [0.3, 0.4) is 0 Å². The van der Waals surface area contributed by atoms with Crippen LogP contribution in [-0.4, -0.2) is 34.5 Å². The summed E-state index contributed by atoms with van der Waals surface area (Å²) in [5.41, 5.74) is 2.03. The molecule has 1 saturated heterocycles. The van der Waals surface area contributed by atoms with Gasteiger partial charge in [-0.05, 0) is 34.9 Å². The van der Waals surface area contributed by atoms with Crippen LogP contribution in [0.25, 0.3) is 10.8 Å². The lowest BCUT2D eigenvalue weighted by atomic mass is 10.1. The Balaban J connectivity index is 1.58. The molecule has 0 N–H and O–H groups in total. The van der Waals surface area contributed by atoms with Crippen LogP contribution in [0, 0.1) is 0 Å². The minimum absolute atomic E-state index is 0.0975. The first kappa shape index (κ1) is 22.1. The zero-order valence-electron chi connectivity index (χ0n) is 18.4. The van der Waals surface area contributed by atoms with Gasteiger partial charge in [0.25, 0.3) is 0 Å². The average Bonchev–Trinajstić information content (AvgIpc) is 3.12. The Labute approximate surface area is 193 Å². The van der Waals surface area contributed by atoms with E-state index in [0.717, 1.165) is 46.9 Å². The van der Waals surface area contributed by atoms with E-state index in [1.165, 1.54) is 11.8 Å². The van der Waals surface area contributed by atoms with Crippen LogP contribution in [0.1, 0.15) is 37.3 Å². The van der Waals surface area contributed by atoms with E-state index in [-0.39, 0.29) is 11.2 Å². The molecule has 3 aromatic carbocycles. The molecule has 164 valence electrons. The summed E-state index contributed by atoms with van der Waals surface area (Å²) in [6.45, 7) is 2.61. The first-order valence-electron chi connectivity index (χ1n) is 10.9. The van der Waals surface area contributed by atoms with E-state index in [4.69, 9.17) is 4.74 Å². The van der Waals surface area contributed by atoms with Gasteiger partial charge in [-0.15, -0.1) is 5.10 Å². The molecule has 0 bridgehead atoms. The average molecular weight is 446 g/mol. The van der Waals surface area contributed by atoms with Crippen molar-refractivity contribution >= 4 is 39.8 Å². The first-order chi connectivity index (χ1) is 15.7. The van der Waals surface area contributed by atoms with Crippen LogP contribution in [0.2, 0.25) is 0 Å². The molecule has 0 spiro atoms. The normalized spacial score (nSPS) is 17.7. The lowest BCUT2D eigenvalue weighted by Crippen LogP contribution is -2.31. The second kappa shape index (κ2) is 10.5. The lowest BCUT2D eigenvalue weighted by Gasteiger charge is -2.16. The molecule has 1 heterocycles. The Morgan fingerprint density at radius 1 is 1.06 bits per heavy atom. The van der Waals surface area contributed by atoms with Crippen LogP contribution < -0.4 is 4.74 Å². The molecule has 0 saturated carbocycles. The number of benzene rings is 3. The van der Waals surface area contributed by atoms with Crippen LogP contribution in [-0.2, 0) is 11.3 Å². The van der Waals surface area contributed by atoms with E-state index < -0.39 is 0 Å². The van der Waals surface area contributed by atoms with Crippen molar-refractivity contribution < 1.29 is 9.53 Å². The van der Waals surface area contributed by atoms with Crippen LogP contribution in [0.15, 0.2) is 76.9 Å². The zero-order chi connectivity index (χ0) is 22.3. The maximum absolute atomic E-state index is 13.1. The fraction of sp³-hybridized carbons (Fsp3) is 0.269. The third-order valence-corrected chi connectivity index (χ3v) is 6.74. The number of carbonyl (C=O) groups is 1. The molecule has 32 heavy (non-hydrogen) atoms. The number of fused-ring (bicyclic) bond motifs is 1. The highest BCUT2D eigenvalue weighted by Crippen LogP contribution is 2.32. The van der Waals surface area contributed by atoms with Crippen molar-refractivity contribution in [3.63, 3.8) is 0 Å². The zero-order valence-corrected chi connectivity index (χ0v) is 19.2. The number of hydrogen-bond acceptors (Lipinski definition) is 5. The fourth-order valence-corrected chi connectivity index (χ4v) is 4.86. The number of carbonyl (C=O) groups excluding carboxylic acids is 1. The summed E-state index contributed by atoms with van der Waals surface area (Å²) < 4.78 is 5.24. The summed E-state index contributed by atoms with van der Waals surface area (Å²) in [5.74, 6) is 0.906. The van der Waals surface area contributed by atoms with Gasteiger partial charge >= 0.3 is 0 Å². The molecule has 1 fully saturated rings. The minimum Gasteiger partial charge on any atom is -0.497 e. The molecule has 0 radical (unpaired) electrons. The Morgan fingerprint density at radius 2 is 1.84 bits per heavy atom. The molecular formula is C26H27N3O2S. The maximum Gasteiger partial charge on any atom is 0.242 e. The summed E-state index contributed by atoms with van der Waals surface area (Å²) in [6.07, 6.45) is 4.71. The van der Waals surface area contributed by atoms with Crippen molar-refractivity contribution in [2.45, 2.75) is 38.0 Å². The molecule has 1 aliphatic heterocycles. The molecule has 5 nitrogen and oxygen atoms in total. The van der Waals surface area contributed by atoms with Crippen LogP contribution >= 0.6 is 11.8 Å². The van der Waals surface area contributed by atoms with Gasteiger partial charge in [0.1, 0.15) is 5.75 Å². The van der Waals surface area contributed by atoms with Gasteiger partial charge in [-0.3, -0.25) is 9.69 Å². The molecule has 4 rings (SSSR count). The van der Waals surface area contributed by atoms with E-state index in [1.807, 2.05) is 48.5 Å². The SMILES string of the molecule is CCCC[C@@H]1S/C(=N/N=C\c2cccc3ccccc23)N(Cc2ccc(OC)cc2)C1=O. The summed E-state index contributed by atoms with van der Waals surface area (Å²) >= 11 is 1.52. The highest BCUT2D eigenvalue weighted by Gasteiger charge is 2.37. The van der Waals surface area contributed by atoms with Gasteiger partial charge in [0.15, 0.2) is 5.17 Å². The quantitative estimate of drug-likeness (QED) is 0.322. The molecule has 1 aliphatic rings. The number of rotatable bonds is 8. The lowest BCUT2D eigenvalue weighted by molar-refractivity contribution is -0.126. The van der Waals surface area contributed by atoms with E-state index in [1.54, 1.807) is 18.2 Å². The number of thioether (sulfide) groups is 1. The number of amidine groups is 1. The molecule has 0 aromatic heterocycles. The number of ether oxygens (including phenoxy) is 1. The third kappa shape index (κ3) is 5.02. The molecule has 0 aliphatic carbocycles. The molecule has 3 aromatic rings. The van der Waals surface area contributed by atoms with Gasteiger partial charge in [-0.25, -0.2) is 0 Å². The predicted molar refractivity (Wildman–Crippen MR) is 133 cm³/mol. The standard InChI is InChI=1S/C26H27N3O2S/c1-3-4-12-24-25(30)29(18-19-13-15-22(31-2)16-14-19)26(32-24)28-27-17-21-10-7-9-20-8-5-6-11-23(20)21/h5-11,13-17,24H,3-4,12,18H2,1-2H3/b27-17-,28-26+/t24-/m0/s1. The van der Waals surface area contributed by atoms with Crippen molar-refractivity contribution in [2.24, 2.45) is 10.2 Å². The Morgan fingerprint density at radius 3 is 2.62 bits per heavy atom. The van der Waals surface area contributed by atoms with Gasteiger partial charge < -0.3 is 4.74 Å².